The molecule has 1 fully saturated rings. The summed E-state index contributed by atoms with van der Waals surface area (Å²) in [6.45, 7) is 3.65. The highest BCUT2D eigenvalue weighted by Crippen LogP contribution is 2.25. The molecule has 0 radical (unpaired) electrons. The Morgan fingerprint density at radius 2 is 2.07 bits per heavy atom. The maximum atomic E-state index is 2.56. The van der Waals surface area contributed by atoms with Crippen LogP contribution in [0.15, 0.2) is 30.3 Å². The second-order valence-corrected chi connectivity index (χ2v) is 4.61. The zero-order valence-electron chi connectivity index (χ0n) is 9.65. The van der Waals surface area contributed by atoms with Crippen molar-refractivity contribution in [3.63, 3.8) is 0 Å². The van der Waals surface area contributed by atoms with Crippen LogP contribution in [0.4, 0.5) is 0 Å². The fourth-order valence-electron chi connectivity index (χ4n) is 2.83. The van der Waals surface area contributed by atoms with Crippen LogP contribution in [0.2, 0.25) is 0 Å². The average molecular weight is 204 g/mol. The van der Waals surface area contributed by atoms with Gasteiger partial charge in [0.1, 0.15) is 0 Å². The van der Waals surface area contributed by atoms with Crippen molar-refractivity contribution >= 4 is 0 Å². The minimum atomic E-state index is 0.756. The normalized spacial score (nSPS) is 23.7. The molecule has 0 unspecified atom stereocenters. The maximum Gasteiger partial charge on any atom is 0.0928 e. The summed E-state index contributed by atoms with van der Waals surface area (Å²) in [6.07, 6.45) is 5.49. The van der Waals surface area contributed by atoms with Crippen LogP contribution in [0, 0.1) is 0 Å². The van der Waals surface area contributed by atoms with Crippen LogP contribution in [0.25, 0.3) is 0 Å². The van der Waals surface area contributed by atoms with Crippen LogP contribution in [0.5, 0.6) is 0 Å². The molecule has 1 heterocycles. The quantitative estimate of drug-likeness (QED) is 0.778. The summed E-state index contributed by atoms with van der Waals surface area (Å²) in [6, 6.07) is 11.8. The van der Waals surface area contributed by atoms with E-state index in [9.17, 15) is 0 Å². The predicted octanol–water partition coefficient (Wildman–Crippen LogP) is 2.30. The molecule has 1 aliphatic heterocycles. The molecule has 0 amide bonds. The number of hydrogen-bond acceptors (Lipinski definition) is 0. The van der Waals surface area contributed by atoms with E-state index in [2.05, 4.69) is 42.6 Å². The molecule has 0 bridgehead atoms. The van der Waals surface area contributed by atoms with Crippen molar-refractivity contribution in [1.82, 2.24) is 0 Å². The highest BCUT2D eigenvalue weighted by atomic mass is 14.9. The number of piperidine rings is 1. The number of benzene rings is 1. The Bertz CT molecular complexity index is 275. The van der Waals surface area contributed by atoms with Crippen molar-refractivity contribution in [2.24, 2.45) is 0 Å². The molecule has 1 aromatic rings. The standard InChI is InChI=1S/C14H21N/c1-2-13(12-8-4-3-5-9-12)14-10-6-7-11-15-14/h3-5,8-9,13-15H,2,6-7,10-11H2,1H3/p+1/t13-,14+/m1/s1. The van der Waals surface area contributed by atoms with Crippen LogP contribution in [0.1, 0.15) is 44.1 Å². The zero-order chi connectivity index (χ0) is 10.5. The van der Waals surface area contributed by atoms with Gasteiger partial charge in [0, 0.05) is 12.3 Å². The van der Waals surface area contributed by atoms with Gasteiger partial charge in [0.15, 0.2) is 0 Å². The van der Waals surface area contributed by atoms with Crippen LogP contribution < -0.4 is 5.32 Å². The van der Waals surface area contributed by atoms with Crippen molar-refractivity contribution in [3.8, 4) is 0 Å². The molecule has 2 N–H and O–H groups in total. The summed E-state index contributed by atoms with van der Waals surface area (Å²) >= 11 is 0. The first-order valence-electron chi connectivity index (χ1n) is 6.30. The van der Waals surface area contributed by atoms with Gasteiger partial charge >= 0.3 is 0 Å². The molecule has 1 aromatic carbocycles. The first-order chi connectivity index (χ1) is 7.42. The van der Waals surface area contributed by atoms with E-state index in [-0.39, 0.29) is 0 Å². The Labute approximate surface area is 92.9 Å². The smallest absolute Gasteiger partial charge is 0.0928 e. The van der Waals surface area contributed by atoms with Gasteiger partial charge in [-0.15, -0.1) is 0 Å². The van der Waals surface area contributed by atoms with Crippen LogP contribution in [0.3, 0.4) is 0 Å². The van der Waals surface area contributed by atoms with Crippen LogP contribution in [-0.4, -0.2) is 12.6 Å². The van der Waals surface area contributed by atoms with Gasteiger partial charge < -0.3 is 5.32 Å². The summed E-state index contributed by atoms with van der Waals surface area (Å²) in [7, 11) is 0. The van der Waals surface area contributed by atoms with Gasteiger partial charge in [-0.25, -0.2) is 0 Å². The van der Waals surface area contributed by atoms with Gasteiger partial charge in [-0.3, -0.25) is 0 Å². The third-order valence-corrected chi connectivity index (χ3v) is 3.65. The molecule has 1 heteroatoms. The van der Waals surface area contributed by atoms with E-state index in [4.69, 9.17) is 0 Å². The lowest BCUT2D eigenvalue weighted by Gasteiger charge is -2.28. The lowest BCUT2D eigenvalue weighted by molar-refractivity contribution is -0.700. The van der Waals surface area contributed by atoms with E-state index in [0.29, 0.717) is 0 Å². The van der Waals surface area contributed by atoms with Crippen molar-refractivity contribution in [2.75, 3.05) is 6.54 Å². The molecule has 1 nitrogen and oxygen atoms in total. The second kappa shape index (κ2) is 5.32. The number of nitrogens with two attached hydrogens (primary N) is 1. The van der Waals surface area contributed by atoms with Gasteiger partial charge in [-0.1, -0.05) is 37.3 Å². The molecular formula is C14H22N+. The van der Waals surface area contributed by atoms with Gasteiger partial charge in [-0.2, -0.15) is 0 Å². The summed E-state index contributed by atoms with van der Waals surface area (Å²) in [5.41, 5.74) is 1.53. The predicted molar refractivity (Wildman–Crippen MR) is 63.9 cm³/mol. The number of quaternary nitrogens is 1. The second-order valence-electron chi connectivity index (χ2n) is 4.61. The summed E-state index contributed by atoms with van der Waals surface area (Å²) in [5, 5.41) is 2.56. The van der Waals surface area contributed by atoms with Crippen LogP contribution in [-0.2, 0) is 0 Å². The van der Waals surface area contributed by atoms with Crippen LogP contribution >= 0.6 is 0 Å². The summed E-state index contributed by atoms with van der Waals surface area (Å²) in [5.74, 6) is 0.756. The van der Waals surface area contributed by atoms with E-state index >= 15 is 0 Å². The maximum absolute atomic E-state index is 2.56. The third kappa shape index (κ3) is 2.60. The van der Waals surface area contributed by atoms with E-state index in [1.54, 1.807) is 0 Å². The van der Waals surface area contributed by atoms with E-state index in [1.165, 1.54) is 37.8 Å². The Kier molecular flexibility index (Phi) is 3.79. The molecule has 82 valence electrons. The van der Waals surface area contributed by atoms with Gasteiger partial charge in [0.05, 0.1) is 12.6 Å². The summed E-state index contributed by atoms with van der Waals surface area (Å²) in [4.78, 5) is 0. The largest absolute Gasteiger partial charge is 0.343 e. The van der Waals surface area contributed by atoms with E-state index in [0.717, 1.165) is 12.0 Å². The van der Waals surface area contributed by atoms with E-state index < -0.39 is 0 Å². The van der Waals surface area contributed by atoms with Crippen molar-refractivity contribution in [2.45, 2.75) is 44.6 Å². The molecule has 0 aromatic heterocycles. The molecule has 2 atom stereocenters. The third-order valence-electron chi connectivity index (χ3n) is 3.65. The monoisotopic (exact) mass is 204 g/mol. The van der Waals surface area contributed by atoms with Crippen molar-refractivity contribution in [1.29, 1.82) is 0 Å². The lowest BCUT2D eigenvalue weighted by Crippen LogP contribution is -2.92. The molecule has 0 aliphatic carbocycles. The van der Waals surface area contributed by atoms with Gasteiger partial charge in [0.2, 0.25) is 0 Å². The molecule has 0 spiro atoms. The fourth-order valence-corrected chi connectivity index (χ4v) is 2.83. The first-order valence-corrected chi connectivity index (χ1v) is 6.30. The minimum Gasteiger partial charge on any atom is -0.343 e. The molecule has 0 saturated carbocycles. The topological polar surface area (TPSA) is 16.6 Å². The lowest BCUT2D eigenvalue weighted by atomic mass is 9.85. The summed E-state index contributed by atoms with van der Waals surface area (Å²) < 4.78 is 0. The average Bonchev–Trinajstić information content (AvgIpc) is 2.33. The first kappa shape index (κ1) is 10.7. The fraction of sp³-hybridized carbons (Fsp3) is 0.571. The zero-order valence-corrected chi connectivity index (χ0v) is 9.65. The SMILES string of the molecule is CC[C@H](c1ccccc1)[C@@H]1CCCC[NH2+]1. The molecule has 1 aliphatic rings. The minimum absolute atomic E-state index is 0.756. The highest BCUT2D eigenvalue weighted by molar-refractivity contribution is 5.20. The Morgan fingerprint density at radius 3 is 2.67 bits per heavy atom. The van der Waals surface area contributed by atoms with Gasteiger partial charge in [0.25, 0.3) is 0 Å². The van der Waals surface area contributed by atoms with Crippen molar-refractivity contribution in [3.05, 3.63) is 35.9 Å². The van der Waals surface area contributed by atoms with Gasteiger partial charge in [-0.05, 0) is 24.8 Å². The molecular weight excluding hydrogens is 182 g/mol. The molecule has 1 saturated heterocycles. The molecule has 2 rings (SSSR count). The Hall–Kier alpha value is -0.820. The van der Waals surface area contributed by atoms with Crippen molar-refractivity contribution < 1.29 is 5.32 Å². The number of hydrogen-bond donors (Lipinski definition) is 1. The Balaban J connectivity index is 2.09. The highest BCUT2D eigenvalue weighted by Gasteiger charge is 2.26. The molecule has 15 heavy (non-hydrogen) atoms. The Morgan fingerprint density at radius 1 is 1.27 bits per heavy atom. The van der Waals surface area contributed by atoms with E-state index in [1.807, 2.05) is 0 Å². The number of rotatable bonds is 3.